The van der Waals surface area contributed by atoms with E-state index in [1.54, 1.807) is 6.92 Å². The van der Waals surface area contributed by atoms with Gasteiger partial charge in [-0.3, -0.25) is 0 Å². The van der Waals surface area contributed by atoms with Crippen LogP contribution in [-0.2, 0) is 18.7 Å². The van der Waals surface area contributed by atoms with Crippen molar-refractivity contribution in [2.75, 3.05) is 13.2 Å². The van der Waals surface area contributed by atoms with Gasteiger partial charge in [-0.15, -0.1) is 0 Å². The third-order valence-electron chi connectivity index (χ3n) is 5.65. The maximum atomic E-state index is 14.2. The fraction of sp³-hybridized carbons (Fsp3) is 0.458. The molecule has 0 aromatic heterocycles. The lowest BCUT2D eigenvalue weighted by atomic mass is 10.1. The fourth-order valence-corrected chi connectivity index (χ4v) is 8.66. The molecule has 1 aliphatic rings. The molecule has 3 rings (SSSR count). The molecule has 0 unspecified atom stereocenters. The molecular formula is C24H31FO5Si. The van der Waals surface area contributed by atoms with Crippen LogP contribution in [0.1, 0.15) is 27.7 Å². The number of aliphatic hydroxyl groups excluding tert-OH is 1. The minimum Gasteiger partial charge on any atom is -0.464 e. The molecule has 7 heteroatoms. The predicted octanol–water partition coefficient (Wildman–Crippen LogP) is 2.59. The molecule has 1 heterocycles. The van der Waals surface area contributed by atoms with E-state index in [9.17, 15) is 14.3 Å². The van der Waals surface area contributed by atoms with Gasteiger partial charge >= 0.3 is 5.97 Å². The van der Waals surface area contributed by atoms with Crippen LogP contribution in [0.5, 0.6) is 0 Å². The number of hydrogen-bond acceptors (Lipinski definition) is 5. The topological polar surface area (TPSA) is 68.3 Å². The zero-order valence-corrected chi connectivity index (χ0v) is 19.5. The Morgan fingerprint density at radius 2 is 1.61 bits per heavy atom. The van der Waals surface area contributed by atoms with E-state index in [1.165, 1.54) is 0 Å². The SMILES string of the molecule is CCOC(=O)[C@H](F)[C@@H](O)[C@@H]1O[C@H]1CO[Si](c1ccccc1)(c1ccccc1)C(C)(C)C. The summed E-state index contributed by atoms with van der Waals surface area (Å²) in [6.45, 7) is 8.33. The van der Waals surface area contributed by atoms with Crippen LogP contribution in [0.15, 0.2) is 60.7 Å². The lowest BCUT2D eigenvalue weighted by molar-refractivity contribution is -0.154. The zero-order valence-electron chi connectivity index (χ0n) is 18.5. The maximum Gasteiger partial charge on any atom is 0.343 e. The smallest absolute Gasteiger partial charge is 0.343 e. The molecule has 5 nitrogen and oxygen atoms in total. The molecule has 31 heavy (non-hydrogen) atoms. The number of hydrogen-bond donors (Lipinski definition) is 1. The number of rotatable bonds is 9. The predicted molar refractivity (Wildman–Crippen MR) is 120 cm³/mol. The van der Waals surface area contributed by atoms with Gasteiger partial charge in [-0.2, -0.15) is 0 Å². The Hall–Kier alpha value is -2.06. The summed E-state index contributed by atoms with van der Waals surface area (Å²) in [4.78, 5) is 11.6. The summed E-state index contributed by atoms with van der Waals surface area (Å²) in [5.74, 6) is -1.07. The van der Waals surface area contributed by atoms with Gasteiger partial charge in [0, 0.05) is 0 Å². The highest BCUT2D eigenvalue weighted by Gasteiger charge is 2.54. The van der Waals surface area contributed by atoms with Crippen LogP contribution in [-0.4, -0.2) is 57.1 Å². The van der Waals surface area contributed by atoms with Crippen molar-refractivity contribution in [3.63, 3.8) is 0 Å². The van der Waals surface area contributed by atoms with Crippen molar-refractivity contribution in [3.8, 4) is 0 Å². The summed E-state index contributed by atoms with van der Waals surface area (Å²) in [6, 6.07) is 20.3. The number of esters is 1. The van der Waals surface area contributed by atoms with E-state index in [-0.39, 0.29) is 18.3 Å². The summed E-state index contributed by atoms with van der Waals surface area (Å²) in [6.07, 6.45) is -4.99. The second-order valence-corrected chi connectivity index (χ2v) is 13.1. The van der Waals surface area contributed by atoms with Crippen molar-refractivity contribution in [3.05, 3.63) is 60.7 Å². The van der Waals surface area contributed by atoms with E-state index in [1.807, 2.05) is 36.4 Å². The van der Waals surface area contributed by atoms with Crippen LogP contribution in [0.4, 0.5) is 4.39 Å². The van der Waals surface area contributed by atoms with Gasteiger partial charge in [0.2, 0.25) is 6.17 Å². The molecule has 1 fully saturated rings. The third kappa shape index (κ3) is 4.90. The Balaban J connectivity index is 1.82. The largest absolute Gasteiger partial charge is 0.464 e. The van der Waals surface area contributed by atoms with E-state index in [2.05, 4.69) is 49.8 Å². The first-order valence-electron chi connectivity index (χ1n) is 10.6. The normalized spacial score (nSPS) is 20.7. The second kappa shape index (κ2) is 9.61. The minimum absolute atomic E-state index is 0.0535. The highest BCUT2D eigenvalue weighted by Crippen LogP contribution is 2.38. The Bertz CT molecular complexity index is 816. The highest BCUT2D eigenvalue weighted by molar-refractivity contribution is 6.99. The molecule has 0 bridgehead atoms. The van der Waals surface area contributed by atoms with Crippen LogP contribution >= 0.6 is 0 Å². The molecule has 2 aromatic rings. The summed E-state index contributed by atoms with van der Waals surface area (Å²) in [5.41, 5.74) is 0. The number of epoxide rings is 1. The van der Waals surface area contributed by atoms with E-state index in [0.717, 1.165) is 10.4 Å². The molecule has 2 aromatic carbocycles. The average molecular weight is 447 g/mol. The molecule has 4 atom stereocenters. The van der Waals surface area contributed by atoms with Gasteiger partial charge in [-0.05, 0) is 22.3 Å². The number of halogens is 1. The van der Waals surface area contributed by atoms with Gasteiger partial charge in [0.15, 0.2) is 0 Å². The minimum atomic E-state index is -2.75. The first-order chi connectivity index (χ1) is 14.7. The molecule has 1 aliphatic heterocycles. The van der Waals surface area contributed by atoms with Crippen LogP contribution < -0.4 is 10.4 Å². The summed E-state index contributed by atoms with van der Waals surface area (Å²) >= 11 is 0. The quantitative estimate of drug-likeness (QED) is 0.364. The third-order valence-corrected chi connectivity index (χ3v) is 10.7. The molecule has 1 saturated heterocycles. The lowest BCUT2D eigenvalue weighted by Gasteiger charge is -2.43. The van der Waals surface area contributed by atoms with Crippen molar-refractivity contribution in [1.82, 2.24) is 0 Å². The van der Waals surface area contributed by atoms with Gasteiger partial charge in [0.1, 0.15) is 18.3 Å². The summed E-state index contributed by atoms with van der Waals surface area (Å²) < 4.78 is 31.1. The second-order valence-electron chi connectivity index (χ2n) is 8.76. The Morgan fingerprint density at radius 1 is 1.10 bits per heavy atom. The Morgan fingerprint density at radius 3 is 2.06 bits per heavy atom. The lowest BCUT2D eigenvalue weighted by Crippen LogP contribution is -2.66. The van der Waals surface area contributed by atoms with E-state index < -0.39 is 38.8 Å². The van der Waals surface area contributed by atoms with Gasteiger partial charge < -0.3 is 19.0 Å². The summed E-state index contributed by atoms with van der Waals surface area (Å²) in [7, 11) is -2.75. The molecule has 0 spiro atoms. The molecular weight excluding hydrogens is 415 g/mol. The average Bonchev–Trinajstić information content (AvgIpc) is 3.53. The standard InChI is InChI=1S/C24H31FO5Si/c1-5-28-23(27)20(25)21(26)22-19(30-22)16-29-31(24(2,3)4,17-12-8-6-9-13-17)18-14-10-7-11-15-18/h6-15,19-22,26H,5,16H2,1-4H3/t19-,20+,21+,22+/m0/s1. The molecule has 0 saturated carbocycles. The van der Waals surface area contributed by atoms with Gasteiger partial charge in [0.25, 0.3) is 8.32 Å². The number of ether oxygens (including phenoxy) is 2. The molecule has 0 amide bonds. The van der Waals surface area contributed by atoms with Crippen molar-refractivity contribution in [2.45, 2.75) is 57.2 Å². The first-order valence-corrected chi connectivity index (χ1v) is 12.5. The van der Waals surface area contributed by atoms with Crippen molar-refractivity contribution in [2.24, 2.45) is 0 Å². The highest BCUT2D eigenvalue weighted by atomic mass is 28.4. The van der Waals surface area contributed by atoms with Crippen LogP contribution in [0.3, 0.4) is 0 Å². The van der Waals surface area contributed by atoms with Crippen molar-refractivity contribution < 1.29 is 28.2 Å². The van der Waals surface area contributed by atoms with Gasteiger partial charge in [0.05, 0.1) is 13.2 Å². The van der Waals surface area contributed by atoms with E-state index in [4.69, 9.17) is 9.16 Å². The molecule has 0 radical (unpaired) electrons. The summed E-state index contributed by atoms with van der Waals surface area (Å²) in [5, 5.41) is 12.3. The number of carbonyl (C=O) groups is 1. The molecule has 168 valence electrons. The Labute approximate surface area is 184 Å². The van der Waals surface area contributed by atoms with E-state index >= 15 is 0 Å². The van der Waals surface area contributed by atoms with Gasteiger partial charge in [-0.25, -0.2) is 9.18 Å². The number of benzene rings is 2. The van der Waals surface area contributed by atoms with E-state index in [0.29, 0.717) is 0 Å². The molecule has 1 N–H and O–H groups in total. The van der Waals surface area contributed by atoms with Crippen LogP contribution in [0.2, 0.25) is 5.04 Å². The zero-order chi connectivity index (χ0) is 22.6. The van der Waals surface area contributed by atoms with Crippen LogP contribution in [0.25, 0.3) is 0 Å². The molecule has 0 aliphatic carbocycles. The first kappa shape index (κ1) is 23.6. The monoisotopic (exact) mass is 446 g/mol. The number of carbonyl (C=O) groups excluding carboxylic acids is 1. The number of aliphatic hydroxyl groups is 1. The van der Waals surface area contributed by atoms with Crippen LogP contribution in [0, 0.1) is 0 Å². The Kier molecular flexibility index (Phi) is 7.31. The van der Waals surface area contributed by atoms with Crippen molar-refractivity contribution >= 4 is 24.7 Å². The number of alkyl halides is 1. The van der Waals surface area contributed by atoms with Crippen molar-refractivity contribution in [1.29, 1.82) is 0 Å². The fourth-order valence-electron chi connectivity index (χ4n) is 4.09. The maximum absolute atomic E-state index is 14.2. The van der Waals surface area contributed by atoms with Gasteiger partial charge in [-0.1, -0.05) is 81.4 Å².